The zero-order chi connectivity index (χ0) is 14.5. The third-order valence-electron chi connectivity index (χ3n) is 3.35. The molecule has 0 aliphatic carbocycles. The monoisotopic (exact) mass is 277 g/mol. The SMILES string of the molecule is CCNc1ncnc(N2CCCNC(=O)C2)c1C(C)C. The minimum Gasteiger partial charge on any atom is -0.370 e. The number of nitrogens with zero attached hydrogens (tertiary/aromatic N) is 3. The van der Waals surface area contributed by atoms with E-state index in [4.69, 9.17) is 0 Å². The molecule has 1 aromatic rings. The van der Waals surface area contributed by atoms with Crippen LogP contribution in [0.25, 0.3) is 0 Å². The maximum Gasteiger partial charge on any atom is 0.239 e. The quantitative estimate of drug-likeness (QED) is 0.869. The standard InChI is InChI=1S/C14H23N5O/c1-4-15-13-12(10(2)3)14(18-9-17-13)19-7-5-6-16-11(20)8-19/h9-10H,4-8H2,1-3H3,(H,16,20)(H,15,17,18). The first-order valence-electron chi connectivity index (χ1n) is 7.23. The van der Waals surface area contributed by atoms with Crippen LogP contribution >= 0.6 is 0 Å². The summed E-state index contributed by atoms with van der Waals surface area (Å²) in [6.45, 7) is 9.05. The lowest BCUT2D eigenvalue weighted by Gasteiger charge is -2.25. The van der Waals surface area contributed by atoms with Gasteiger partial charge in [0.25, 0.3) is 0 Å². The molecule has 6 nitrogen and oxygen atoms in total. The van der Waals surface area contributed by atoms with E-state index in [1.807, 2.05) is 6.92 Å². The molecule has 110 valence electrons. The van der Waals surface area contributed by atoms with Crippen molar-refractivity contribution in [1.29, 1.82) is 0 Å². The first-order valence-corrected chi connectivity index (χ1v) is 7.23. The van der Waals surface area contributed by atoms with Crippen molar-refractivity contribution in [2.24, 2.45) is 0 Å². The maximum atomic E-state index is 11.7. The number of aromatic nitrogens is 2. The summed E-state index contributed by atoms with van der Waals surface area (Å²) in [5.41, 5.74) is 1.09. The molecule has 0 spiro atoms. The van der Waals surface area contributed by atoms with Gasteiger partial charge in [0.2, 0.25) is 5.91 Å². The van der Waals surface area contributed by atoms with E-state index in [1.54, 1.807) is 6.33 Å². The van der Waals surface area contributed by atoms with Gasteiger partial charge < -0.3 is 15.5 Å². The fourth-order valence-electron chi connectivity index (χ4n) is 2.47. The fraction of sp³-hybridized carbons (Fsp3) is 0.643. The number of hydrogen-bond donors (Lipinski definition) is 2. The van der Waals surface area contributed by atoms with Crippen LogP contribution in [0.3, 0.4) is 0 Å². The number of hydrogen-bond acceptors (Lipinski definition) is 5. The molecule has 2 heterocycles. The van der Waals surface area contributed by atoms with E-state index in [-0.39, 0.29) is 5.91 Å². The highest BCUT2D eigenvalue weighted by atomic mass is 16.2. The van der Waals surface area contributed by atoms with Gasteiger partial charge in [0.15, 0.2) is 0 Å². The Kier molecular flexibility index (Phi) is 4.76. The number of amides is 1. The number of anilines is 2. The molecule has 0 aromatic carbocycles. The van der Waals surface area contributed by atoms with Gasteiger partial charge in [0.1, 0.15) is 18.0 Å². The largest absolute Gasteiger partial charge is 0.370 e. The molecule has 6 heteroatoms. The van der Waals surface area contributed by atoms with Crippen LogP contribution in [0, 0.1) is 0 Å². The Bertz CT molecular complexity index is 475. The van der Waals surface area contributed by atoms with E-state index in [0.717, 1.165) is 43.3 Å². The zero-order valence-corrected chi connectivity index (χ0v) is 12.4. The third kappa shape index (κ3) is 3.18. The molecule has 1 aromatic heterocycles. The summed E-state index contributed by atoms with van der Waals surface area (Å²) in [7, 11) is 0. The molecule has 0 radical (unpaired) electrons. The van der Waals surface area contributed by atoms with Gasteiger partial charge in [-0.15, -0.1) is 0 Å². The summed E-state index contributed by atoms with van der Waals surface area (Å²) in [4.78, 5) is 22.6. The molecule has 1 fully saturated rings. The summed E-state index contributed by atoms with van der Waals surface area (Å²) in [5, 5.41) is 6.18. The molecule has 0 unspecified atom stereocenters. The van der Waals surface area contributed by atoms with Crippen molar-refractivity contribution in [3.05, 3.63) is 11.9 Å². The van der Waals surface area contributed by atoms with Crippen LogP contribution in [0.1, 0.15) is 38.7 Å². The second kappa shape index (κ2) is 6.54. The van der Waals surface area contributed by atoms with Crippen molar-refractivity contribution in [2.45, 2.75) is 33.1 Å². The average molecular weight is 277 g/mol. The summed E-state index contributed by atoms with van der Waals surface area (Å²) in [5.74, 6) is 2.10. The molecule has 20 heavy (non-hydrogen) atoms. The molecule has 1 amide bonds. The van der Waals surface area contributed by atoms with Crippen molar-refractivity contribution in [2.75, 3.05) is 36.4 Å². The van der Waals surface area contributed by atoms with Crippen molar-refractivity contribution in [3.8, 4) is 0 Å². The topological polar surface area (TPSA) is 70.2 Å². The fourth-order valence-corrected chi connectivity index (χ4v) is 2.47. The number of nitrogens with one attached hydrogen (secondary N) is 2. The van der Waals surface area contributed by atoms with Gasteiger partial charge in [-0.1, -0.05) is 13.8 Å². The molecule has 2 rings (SSSR count). The summed E-state index contributed by atoms with van der Waals surface area (Å²) in [6, 6.07) is 0. The Labute approximate surface area is 120 Å². The van der Waals surface area contributed by atoms with Gasteiger partial charge in [-0.2, -0.15) is 0 Å². The third-order valence-corrected chi connectivity index (χ3v) is 3.35. The average Bonchev–Trinajstić information content (AvgIpc) is 2.63. The smallest absolute Gasteiger partial charge is 0.239 e. The van der Waals surface area contributed by atoms with Crippen LogP contribution in [0.5, 0.6) is 0 Å². The minimum absolute atomic E-state index is 0.0563. The highest BCUT2D eigenvalue weighted by Crippen LogP contribution is 2.31. The molecule has 1 aliphatic heterocycles. The molecule has 1 saturated heterocycles. The van der Waals surface area contributed by atoms with Crippen molar-refractivity contribution in [1.82, 2.24) is 15.3 Å². The summed E-state index contributed by atoms with van der Waals surface area (Å²) >= 11 is 0. The lowest BCUT2D eigenvalue weighted by molar-refractivity contribution is -0.119. The van der Waals surface area contributed by atoms with Gasteiger partial charge in [0, 0.05) is 25.2 Å². The predicted molar refractivity (Wildman–Crippen MR) is 80.1 cm³/mol. The predicted octanol–water partition coefficient (Wildman–Crippen LogP) is 1.36. The van der Waals surface area contributed by atoms with Gasteiger partial charge in [-0.25, -0.2) is 9.97 Å². The van der Waals surface area contributed by atoms with Crippen molar-refractivity contribution in [3.63, 3.8) is 0 Å². The number of rotatable bonds is 4. The molecular weight excluding hydrogens is 254 g/mol. The van der Waals surface area contributed by atoms with Crippen LogP contribution in [-0.4, -0.2) is 42.1 Å². The Morgan fingerprint density at radius 2 is 2.25 bits per heavy atom. The van der Waals surface area contributed by atoms with Crippen LogP contribution < -0.4 is 15.5 Å². The zero-order valence-electron chi connectivity index (χ0n) is 12.4. The second-order valence-electron chi connectivity index (χ2n) is 5.27. The summed E-state index contributed by atoms with van der Waals surface area (Å²) < 4.78 is 0. The molecule has 0 bridgehead atoms. The Balaban J connectivity index is 2.38. The maximum absolute atomic E-state index is 11.7. The van der Waals surface area contributed by atoms with Gasteiger partial charge in [0.05, 0.1) is 6.54 Å². The van der Waals surface area contributed by atoms with Crippen LogP contribution in [0.2, 0.25) is 0 Å². The Morgan fingerprint density at radius 3 is 2.95 bits per heavy atom. The second-order valence-corrected chi connectivity index (χ2v) is 5.27. The van der Waals surface area contributed by atoms with Crippen LogP contribution in [0.15, 0.2) is 6.33 Å². The molecule has 1 aliphatic rings. The molecule has 0 atom stereocenters. The van der Waals surface area contributed by atoms with Crippen molar-refractivity contribution < 1.29 is 4.79 Å². The first kappa shape index (κ1) is 14.6. The van der Waals surface area contributed by atoms with E-state index >= 15 is 0 Å². The Hall–Kier alpha value is -1.85. The molecule has 2 N–H and O–H groups in total. The van der Waals surface area contributed by atoms with E-state index in [9.17, 15) is 4.79 Å². The van der Waals surface area contributed by atoms with E-state index in [2.05, 4.69) is 39.3 Å². The van der Waals surface area contributed by atoms with E-state index in [1.165, 1.54) is 0 Å². The lowest BCUT2D eigenvalue weighted by atomic mass is 10.0. The summed E-state index contributed by atoms with van der Waals surface area (Å²) in [6.07, 6.45) is 2.51. The highest BCUT2D eigenvalue weighted by Gasteiger charge is 2.22. The van der Waals surface area contributed by atoms with Gasteiger partial charge in [-0.3, -0.25) is 4.79 Å². The van der Waals surface area contributed by atoms with Gasteiger partial charge in [-0.05, 0) is 19.3 Å². The molecule has 0 saturated carbocycles. The van der Waals surface area contributed by atoms with E-state index < -0.39 is 0 Å². The van der Waals surface area contributed by atoms with Crippen molar-refractivity contribution >= 4 is 17.5 Å². The minimum atomic E-state index is 0.0563. The van der Waals surface area contributed by atoms with Crippen LogP contribution in [0.4, 0.5) is 11.6 Å². The highest BCUT2D eigenvalue weighted by molar-refractivity contribution is 5.82. The molecular formula is C14H23N5O. The number of carbonyl (C=O) groups excluding carboxylic acids is 1. The first-order chi connectivity index (χ1) is 9.63. The van der Waals surface area contributed by atoms with E-state index in [0.29, 0.717) is 12.5 Å². The lowest BCUT2D eigenvalue weighted by Crippen LogP contribution is -2.34. The Morgan fingerprint density at radius 1 is 1.45 bits per heavy atom. The normalized spacial score (nSPS) is 16.0. The van der Waals surface area contributed by atoms with Gasteiger partial charge >= 0.3 is 0 Å². The number of carbonyl (C=O) groups is 1. The van der Waals surface area contributed by atoms with Crippen LogP contribution in [-0.2, 0) is 4.79 Å².